The van der Waals surface area contributed by atoms with E-state index in [4.69, 9.17) is 5.73 Å². The summed E-state index contributed by atoms with van der Waals surface area (Å²) in [6.45, 7) is 2.17. The van der Waals surface area contributed by atoms with Crippen molar-refractivity contribution >= 4 is 5.69 Å². The van der Waals surface area contributed by atoms with E-state index in [1.807, 2.05) is 0 Å². The van der Waals surface area contributed by atoms with Crippen molar-refractivity contribution in [3.05, 3.63) is 29.3 Å². The molecule has 2 N–H and O–H groups in total. The predicted octanol–water partition coefficient (Wildman–Crippen LogP) is 2.58. The second kappa shape index (κ2) is 3.77. The van der Waals surface area contributed by atoms with Crippen LogP contribution in [-0.2, 0) is 6.42 Å². The Bertz CT molecular complexity index is 400. The van der Waals surface area contributed by atoms with Gasteiger partial charge in [0.1, 0.15) is 0 Å². The molecule has 1 aromatic rings. The van der Waals surface area contributed by atoms with E-state index in [2.05, 4.69) is 30.0 Å². The lowest BCUT2D eigenvalue weighted by atomic mass is 9.88. The van der Waals surface area contributed by atoms with Crippen LogP contribution in [0.3, 0.4) is 0 Å². The largest absolute Gasteiger partial charge is 0.353 e. The van der Waals surface area contributed by atoms with Gasteiger partial charge >= 0.3 is 0 Å². The SMILES string of the molecule is Cc1ccc2c(c1)N1C(N)CCCC1CC2. The minimum atomic E-state index is 0.236. The first-order chi connectivity index (χ1) is 7.75. The first-order valence-electron chi connectivity index (χ1n) is 6.39. The van der Waals surface area contributed by atoms with E-state index in [1.165, 1.54) is 42.5 Å². The molecule has 0 bridgehead atoms. The molecular formula is C14H20N2. The molecule has 0 amide bonds. The first kappa shape index (κ1) is 10.2. The van der Waals surface area contributed by atoms with Crippen molar-refractivity contribution in [2.75, 3.05) is 4.90 Å². The third-order valence-corrected chi connectivity index (χ3v) is 4.05. The second-order valence-corrected chi connectivity index (χ2v) is 5.23. The maximum atomic E-state index is 6.28. The van der Waals surface area contributed by atoms with Gasteiger partial charge in [-0.25, -0.2) is 0 Å². The summed E-state index contributed by atoms with van der Waals surface area (Å²) in [6.07, 6.45) is 6.50. The maximum absolute atomic E-state index is 6.28. The zero-order valence-corrected chi connectivity index (χ0v) is 9.95. The van der Waals surface area contributed by atoms with Gasteiger partial charge < -0.3 is 10.6 Å². The average molecular weight is 216 g/mol. The molecule has 0 spiro atoms. The highest BCUT2D eigenvalue weighted by atomic mass is 15.3. The van der Waals surface area contributed by atoms with Crippen molar-refractivity contribution in [1.82, 2.24) is 0 Å². The molecule has 2 atom stereocenters. The molecule has 2 unspecified atom stereocenters. The molecule has 3 rings (SSSR count). The van der Waals surface area contributed by atoms with Crippen LogP contribution in [0.1, 0.15) is 36.8 Å². The quantitative estimate of drug-likeness (QED) is 0.722. The molecule has 2 nitrogen and oxygen atoms in total. The Kier molecular flexibility index (Phi) is 2.40. The summed E-state index contributed by atoms with van der Waals surface area (Å²) in [4.78, 5) is 2.48. The van der Waals surface area contributed by atoms with Crippen molar-refractivity contribution in [1.29, 1.82) is 0 Å². The summed E-state index contributed by atoms with van der Waals surface area (Å²) < 4.78 is 0. The molecule has 0 radical (unpaired) electrons. The Morgan fingerprint density at radius 1 is 1.25 bits per heavy atom. The smallest absolute Gasteiger partial charge is 0.0774 e. The van der Waals surface area contributed by atoms with E-state index < -0.39 is 0 Å². The third-order valence-electron chi connectivity index (χ3n) is 4.05. The number of anilines is 1. The van der Waals surface area contributed by atoms with Crippen LogP contribution < -0.4 is 10.6 Å². The lowest BCUT2D eigenvalue weighted by Crippen LogP contribution is -2.53. The molecule has 2 aliphatic rings. The first-order valence-corrected chi connectivity index (χ1v) is 6.39. The van der Waals surface area contributed by atoms with Crippen LogP contribution in [0.25, 0.3) is 0 Å². The Hall–Kier alpha value is -1.02. The molecule has 1 fully saturated rings. The highest BCUT2D eigenvalue weighted by Gasteiger charge is 2.32. The summed E-state index contributed by atoms with van der Waals surface area (Å²) in [5.74, 6) is 0. The van der Waals surface area contributed by atoms with Crippen LogP contribution in [-0.4, -0.2) is 12.2 Å². The molecule has 0 aliphatic carbocycles. The van der Waals surface area contributed by atoms with Gasteiger partial charge in [-0.3, -0.25) is 0 Å². The van der Waals surface area contributed by atoms with Crippen LogP contribution >= 0.6 is 0 Å². The number of rotatable bonds is 0. The summed E-state index contributed by atoms with van der Waals surface area (Å²) in [5.41, 5.74) is 10.5. The van der Waals surface area contributed by atoms with Crippen LogP contribution in [0.4, 0.5) is 5.69 Å². The van der Waals surface area contributed by atoms with Crippen molar-refractivity contribution in [3.63, 3.8) is 0 Å². The summed E-state index contributed by atoms with van der Waals surface area (Å²) >= 11 is 0. The van der Waals surface area contributed by atoms with E-state index in [9.17, 15) is 0 Å². The van der Waals surface area contributed by atoms with Gasteiger partial charge in [-0.2, -0.15) is 0 Å². The Morgan fingerprint density at radius 3 is 3.00 bits per heavy atom. The summed E-state index contributed by atoms with van der Waals surface area (Å²) in [7, 11) is 0. The van der Waals surface area contributed by atoms with Gasteiger partial charge in [0.25, 0.3) is 0 Å². The number of aryl methyl sites for hydroxylation is 2. The Morgan fingerprint density at radius 2 is 2.12 bits per heavy atom. The lowest BCUT2D eigenvalue weighted by Gasteiger charge is -2.46. The lowest BCUT2D eigenvalue weighted by molar-refractivity contribution is 0.360. The minimum Gasteiger partial charge on any atom is -0.353 e. The van der Waals surface area contributed by atoms with Crippen LogP contribution in [0.2, 0.25) is 0 Å². The minimum absolute atomic E-state index is 0.236. The van der Waals surface area contributed by atoms with Gasteiger partial charge in [0.15, 0.2) is 0 Å². The van der Waals surface area contributed by atoms with Gasteiger partial charge in [0.05, 0.1) is 6.17 Å². The highest BCUT2D eigenvalue weighted by molar-refractivity contribution is 5.59. The van der Waals surface area contributed by atoms with Crippen LogP contribution in [0.15, 0.2) is 18.2 Å². The molecule has 2 heterocycles. The van der Waals surface area contributed by atoms with Crippen molar-refractivity contribution < 1.29 is 0 Å². The fourth-order valence-corrected chi connectivity index (χ4v) is 3.22. The zero-order valence-electron chi connectivity index (χ0n) is 9.95. The van der Waals surface area contributed by atoms with E-state index in [0.717, 1.165) is 6.42 Å². The molecule has 16 heavy (non-hydrogen) atoms. The van der Waals surface area contributed by atoms with Gasteiger partial charge in [-0.1, -0.05) is 12.1 Å². The number of fused-ring (bicyclic) bond motifs is 3. The average Bonchev–Trinajstić information content (AvgIpc) is 2.28. The third kappa shape index (κ3) is 1.52. The number of piperidine rings is 1. The van der Waals surface area contributed by atoms with Crippen LogP contribution in [0.5, 0.6) is 0 Å². The fraction of sp³-hybridized carbons (Fsp3) is 0.571. The van der Waals surface area contributed by atoms with E-state index in [-0.39, 0.29) is 6.17 Å². The summed E-state index contributed by atoms with van der Waals surface area (Å²) in [5, 5.41) is 0. The molecule has 0 aromatic heterocycles. The van der Waals surface area contributed by atoms with Crippen molar-refractivity contribution in [3.8, 4) is 0 Å². The van der Waals surface area contributed by atoms with Gasteiger partial charge in [0, 0.05) is 11.7 Å². The Labute approximate surface area is 97.4 Å². The second-order valence-electron chi connectivity index (χ2n) is 5.23. The number of hydrogen-bond donors (Lipinski definition) is 1. The molecule has 86 valence electrons. The molecule has 1 saturated heterocycles. The monoisotopic (exact) mass is 216 g/mol. The molecule has 2 aliphatic heterocycles. The topological polar surface area (TPSA) is 29.3 Å². The van der Waals surface area contributed by atoms with E-state index >= 15 is 0 Å². The number of benzene rings is 1. The zero-order chi connectivity index (χ0) is 11.1. The van der Waals surface area contributed by atoms with Gasteiger partial charge in [-0.15, -0.1) is 0 Å². The van der Waals surface area contributed by atoms with E-state index in [1.54, 1.807) is 0 Å². The number of nitrogens with zero attached hydrogens (tertiary/aromatic N) is 1. The summed E-state index contributed by atoms with van der Waals surface area (Å²) in [6, 6.07) is 7.50. The van der Waals surface area contributed by atoms with E-state index in [0.29, 0.717) is 6.04 Å². The van der Waals surface area contributed by atoms with Crippen LogP contribution in [0, 0.1) is 6.92 Å². The highest BCUT2D eigenvalue weighted by Crippen LogP contribution is 2.37. The maximum Gasteiger partial charge on any atom is 0.0774 e. The molecular weight excluding hydrogens is 196 g/mol. The normalized spacial score (nSPS) is 28.5. The van der Waals surface area contributed by atoms with Crippen molar-refractivity contribution in [2.45, 2.75) is 51.2 Å². The number of nitrogens with two attached hydrogens (primary N) is 1. The predicted molar refractivity (Wildman–Crippen MR) is 67.6 cm³/mol. The molecule has 2 heteroatoms. The molecule has 1 aromatic carbocycles. The number of hydrogen-bond acceptors (Lipinski definition) is 2. The van der Waals surface area contributed by atoms with Gasteiger partial charge in [-0.05, 0) is 56.2 Å². The van der Waals surface area contributed by atoms with Gasteiger partial charge in [0.2, 0.25) is 0 Å². The fourth-order valence-electron chi connectivity index (χ4n) is 3.22. The standard InChI is InChI=1S/C14H20N2/c1-10-5-6-11-7-8-12-3-2-4-14(15)16(12)13(11)9-10/h5-6,9,12,14H,2-4,7-8,15H2,1H3. The van der Waals surface area contributed by atoms with Crippen molar-refractivity contribution in [2.24, 2.45) is 5.73 Å². The molecule has 0 saturated carbocycles. The Balaban J connectivity index is 2.04.